The molecule has 0 radical (unpaired) electrons. The second kappa shape index (κ2) is 11.9. The second-order valence-electron chi connectivity index (χ2n) is 15.9. The molecule has 3 aromatic heterocycles. The molecule has 278 valence electrons. The van der Waals surface area contributed by atoms with E-state index in [-0.39, 0.29) is 0 Å². The summed E-state index contributed by atoms with van der Waals surface area (Å²) in [6.45, 7) is 0. The Morgan fingerprint density at radius 2 is 0.967 bits per heavy atom. The van der Waals surface area contributed by atoms with Crippen LogP contribution in [0.3, 0.4) is 0 Å². The van der Waals surface area contributed by atoms with Crippen molar-refractivity contribution in [3.63, 3.8) is 0 Å². The molecule has 0 aliphatic carbocycles. The number of imidazole rings is 1. The summed E-state index contributed by atoms with van der Waals surface area (Å²) in [6.07, 6.45) is 0. The monoisotopic (exact) mass is 781 g/mol. The summed E-state index contributed by atoms with van der Waals surface area (Å²) in [5.74, 6) is 1.63. The van der Waals surface area contributed by atoms with Crippen LogP contribution in [0.2, 0.25) is 0 Å². The lowest BCUT2D eigenvalue weighted by Gasteiger charge is -2.33. The predicted molar refractivity (Wildman–Crippen MR) is 253 cm³/mol. The first kappa shape index (κ1) is 32.3. The van der Waals surface area contributed by atoms with Crippen molar-refractivity contribution in [3.8, 4) is 22.6 Å². The normalized spacial score (nSPS) is 12.8. The van der Waals surface area contributed by atoms with Gasteiger partial charge in [-0.05, 0) is 109 Å². The number of benzene rings is 10. The minimum atomic E-state index is 0.813. The minimum Gasteiger partial charge on any atom is -0.453 e. The fourth-order valence-corrected chi connectivity index (χ4v) is 11.2. The third-order valence-corrected chi connectivity index (χ3v) is 13.8. The molecule has 0 bridgehead atoms. The highest BCUT2D eigenvalue weighted by Crippen LogP contribution is 2.54. The van der Waals surface area contributed by atoms with Gasteiger partial charge < -0.3 is 9.64 Å². The molecule has 0 spiro atoms. The number of hydrogen-bond donors (Lipinski definition) is 0. The smallest absolute Gasteiger partial charge is 0.152 e. The molecule has 4 heterocycles. The highest BCUT2D eigenvalue weighted by atomic mass is 32.1. The predicted octanol–water partition coefficient (Wildman–Crippen LogP) is 15.9. The molecule has 60 heavy (non-hydrogen) atoms. The number of para-hydroxylation sites is 1. The summed E-state index contributed by atoms with van der Waals surface area (Å²) >= 11 is 1.85. The van der Waals surface area contributed by atoms with E-state index in [1.807, 2.05) is 11.3 Å². The molecule has 1 aliphatic heterocycles. The maximum absolute atomic E-state index is 7.07. The Kier molecular flexibility index (Phi) is 6.41. The van der Waals surface area contributed by atoms with Crippen molar-refractivity contribution in [1.29, 1.82) is 0 Å². The average molecular weight is 782 g/mol. The Labute approximate surface area is 347 Å². The molecule has 0 fully saturated rings. The van der Waals surface area contributed by atoms with Crippen molar-refractivity contribution >= 4 is 119 Å². The van der Waals surface area contributed by atoms with Gasteiger partial charge in [0.25, 0.3) is 0 Å². The largest absolute Gasteiger partial charge is 0.453 e. The van der Waals surface area contributed by atoms with Gasteiger partial charge in [-0.1, -0.05) is 127 Å². The van der Waals surface area contributed by atoms with Crippen molar-refractivity contribution in [2.75, 3.05) is 4.90 Å². The van der Waals surface area contributed by atoms with Crippen LogP contribution in [0.4, 0.5) is 17.1 Å². The molecule has 1 aliphatic rings. The number of thiophene rings is 1. The van der Waals surface area contributed by atoms with Crippen LogP contribution in [-0.4, -0.2) is 9.38 Å². The van der Waals surface area contributed by atoms with Crippen molar-refractivity contribution in [2.45, 2.75) is 0 Å². The van der Waals surface area contributed by atoms with E-state index in [0.29, 0.717) is 0 Å². The van der Waals surface area contributed by atoms with Gasteiger partial charge in [-0.15, -0.1) is 11.3 Å². The van der Waals surface area contributed by atoms with E-state index in [9.17, 15) is 0 Å². The molecule has 14 rings (SSSR count). The van der Waals surface area contributed by atoms with Crippen LogP contribution >= 0.6 is 11.3 Å². The Bertz CT molecular complexity index is 4010. The van der Waals surface area contributed by atoms with Crippen molar-refractivity contribution < 1.29 is 4.74 Å². The first-order valence-corrected chi connectivity index (χ1v) is 21.2. The highest BCUT2D eigenvalue weighted by molar-refractivity contribution is 7.25. The van der Waals surface area contributed by atoms with Gasteiger partial charge in [0.1, 0.15) is 5.65 Å². The third-order valence-electron chi connectivity index (χ3n) is 12.7. The molecule has 13 aromatic rings. The summed E-state index contributed by atoms with van der Waals surface area (Å²) in [7, 11) is 0. The number of pyridine rings is 1. The lowest BCUT2D eigenvalue weighted by molar-refractivity contribution is 0.478. The van der Waals surface area contributed by atoms with E-state index in [0.717, 1.165) is 61.7 Å². The molecule has 0 saturated carbocycles. The van der Waals surface area contributed by atoms with Gasteiger partial charge >= 0.3 is 0 Å². The maximum Gasteiger partial charge on any atom is 0.152 e. The molecule has 4 nitrogen and oxygen atoms in total. The van der Waals surface area contributed by atoms with Gasteiger partial charge in [-0.2, -0.15) is 0 Å². The van der Waals surface area contributed by atoms with Crippen LogP contribution < -0.4 is 9.64 Å². The summed E-state index contributed by atoms with van der Waals surface area (Å²) in [4.78, 5) is 7.76. The fraction of sp³-hybridized carbons (Fsp3) is 0. The van der Waals surface area contributed by atoms with Crippen LogP contribution in [0.1, 0.15) is 0 Å². The summed E-state index contributed by atoms with van der Waals surface area (Å²) < 4.78 is 12.0. The SMILES string of the molecule is c1ccc2c(c1)sc1cc(-c3ccc4c(c3)Oc3cc5c6ccccc6c6ccccc6c5cc3N4c3ccc4c(c3)nc3c5ccccc5c5ccccc5n43)ccc12. The van der Waals surface area contributed by atoms with E-state index in [2.05, 4.69) is 197 Å². The summed E-state index contributed by atoms with van der Waals surface area (Å²) in [5, 5.41) is 13.5. The number of rotatable bonds is 2. The Morgan fingerprint density at radius 1 is 0.383 bits per heavy atom. The average Bonchev–Trinajstić information content (AvgIpc) is 3.89. The zero-order chi connectivity index (χ0) is 39.1. The first-order chi connectivity index (χ1) is 29.7. The van der Waals surface area contributed by atoms with Gasteiger partial charge in [0.15, 0.2) is 11.5 Å². The Balaban J connectivity index is 1.02. The number of aromatic nitrogens is 2. The molecule has 0 unspecified atom stereocenters. The molecule has 0 atom stereocenters. The highest BCUT2D eigenvalue weighted by Gasteiger charge is 2.29. The van der Waals surface area contributed by atoms with E-state index in [1.165, 1.54) is 68.8 Å². The first-order valence-electron chi connectivity index (χ1n) is 20.4. The standard InChI is InChI=1S/C55H31N3OS/c1-3-13-37-35(11-1)36-12-2-4-14-38(36)45-31-52-50(30-44(37)45)57(49-25-22-32(27-51(49)59-52)33-21-24-42-41-17-8-10-20-53(41)60-54(42)28-33)34-23-26-48-46(29-34)56-55-43-18-6-5-15-39(43)40-16-7-9-19-47(40)58(48)55/h1-31H. The van der Waals surface area contributed by atoms with Crippen molar-refractivity contribution in [3.05, 3.63) is 188 Å². The topological polar surface area (TPSA) is 29.8 Å². The molecule has 10 aromatic carbocycles. The number of fused-ring (bicyclic) bond motifs is 19. The number of hydrogen-bond acceptors (Lipinski definition) is 4. The van der Waals surface area contributed by atoms with Crippen LogP contribution in [0.15, 0.2) is 188 Å². The summed E-state index contributed by atoms with van der Waals surface area (Å²) in [6, 6.07) is 68.2. The van der Waals surface area contributed by atoms with Gasteiger partial charge in [0.05, 0.1) is 27.9 Å². The maximum atomic E-state index is 7.07. The number of nitrogens with zero attached hydrogens (tertiary/aromatic N) is 3. The fourth-order valence-electron chi connectivity index (χ4n) is 10.0. The second-order valence-corrected chi connectivity index (χ2v) is 17.0. The van der Waals surface area contributed by atoms with Gasteiger partial charge in [-0.3, -0.25) is 4.40 Å². The lowest BCUT2D eigenvalue weighted by Crippen LogP contribution is -2.16. The van der Waals surface area contributed by atoms with Gasteiger partial charge in [0, 0.05) is 36.6 Å². The molecular formula is C55H31N3OS. The van der Waals surface area contributed by atoms with Gasteiger partial charge in [0.2, 0.25) is 0 Å². The minimum absolute atomic E-state index is 0.813. The van der Waals surface area contributed by atoms with Crippen molar-refractivity contribution in [1.82, 2.24) is 9.38 Å². The summed E-state index contributed by atoms with van der Waals surface area (Å²) in [5.41, 5.74) is 9.41. The van der Waals surface area contributed by atoms with Crippen LogP contribution in [0.5, 0.6) is 11.5 Å². The number of ether oxygens (including phenoxy) is 1. The quantitative estimate of drug-likeness (QED) is 0.164. The number of anilines is 3. The zero-order valence-corrected chi connectivity index (χ0v) is 32.9. The lowest BCUT2D eigenvalue weighted by atomic mass is 9.93. The zero-order valence-electron chi connectivity index (χ0n) is 32.1. The third kappa shape index (κ3) is 4.41. The molecule has 0 saturated heterocycles. The van der Waals surface area contributed by atoms with Crippen molar-refractivity contribution in [2.24, 2.45) is 0 Å². The van der Waals surface area contributed by atoms with Crippen LogP contribution in [0.25, 0.3) is 102 Å². The van der Waals surface area contributed by atoms with Crippen LogP contribution in [0, 0.1) is 0 Å². The Hall–Kier alpha value is -7.73. The van der Waals surface area contributed by atoms with Crippen LogP contribution in [-0.2, 0) is 0 Å². The van der Waals surface area contributed by atoms with E-state index >= 15 is 0 Å². The molecular weight excluding hydrogens is 751 g/mol. The van der Waals surface area contributed by atoms with E-state index < -0.39 is 0 Å². The molecule has 5 heteroatoms. The van der Waals surface area contributed by atoms with E-state index in [1.54, 1.807) is 0 Å². The Morgan fingerprint density at radius 3 is 1.75 bits per heavy atom. The molecule has 0 N–H and O–H groups in total. The molecule has 0 amide bonds. The van der Waals surface area contributed by atoms with E-state index in [4.69, 9.17) is 9.72 Å². The van der Waals surface area contributed by atoms with Gasteiger partial charge in [-0.25, -0.2) is 4.98 Å².